The molecule has 1 aromatic carbocycles. The highest BCUT2D eigenvalue weighted by Crippen LogP contribution is 2.34. The third-order valence-electron chi connectivity index (χ3n) is 3.64. The van der Waals surface area contributed by atoms with E-state index in [0.29, 0.717) is 12.6 Å². The molecule has 3 heteroatoms. The predicted octanol–water partition coefficient (Wildman–Crippen LogP) is 3.91. The third-order valence-corrected chi connectivity index (χ3v) is 4.26. The lowest BCUT2D eigenvalue weighted by Crippen LogP contribution is -2.24. The summed E-state index contributed by atoms with van der Waals surface area (Å²) >= 11 is 3.59. The first-order valence-corrected chi connectivity index (χ1v) is 7.64. The molecule has 0 saturated heterocycles. The van der Waals surface area contributed by atoms with Crippen LogP contribution in [0.2, 0.25) is 0 Å². The van der Waals surface area contributed by atoms with Gasteiger partial charge in [0.25, 0.3) is 0 Å². The van der Waals surface area contributed by atoms with Gasteiger partial charge in [0.15, 0.2) is 0 Å². The van der Waals surface area contributed by atoms with Crippen molar-refractivity contribution < 1.29 is 4.74 Å². The highest BCUT2D eigenvalue weighted by Gasteiger charge is 2.21. The van der Waals surface area contributed by atoms with Gasteiger partial charge in [-0.2, -0.15) is 0 Å². The molecule has 0 heterocycles. The lowest BCUT2D eigenvalue weighted by molar-refractivity contribution is 0.127. The Morgan fingerprint density at radius 1 is 1.39 bits per heavy atom. The Kier molecular flexibility index (Phi) is 5.07. The zero-order valence-corrected chi connectivity index (χ0v) is 12.6. The van der Waals surface area contributed by atoms with Crippen LogP contribution in [0.4, 0.5) is 0 Å². The van der Waals surface area contributed by atoms with E-state index in [9.17, 15) is 0 Å². The van der Waals surface area contributed by atoms with Gasteiger partial charge in [-0.1, -0.05) is 25.5 Å². The van der Waals surface area contributed by atoms with E-state index in [1.165, 1.54) is 31.2 Å². The Morgan fingerprint density at radius 3 is 2.94 bits per heavy atom. The molecule has 2 rings (SSSR count). The molecule has 0 bridgehead atoms. The molecule has 0 radical (unpaired) electrons. The summed E-state index contributed by atoms with van der Waals surface area (Å²) in [5.41, 5.74) is 6.88. The fourth-order valence-corrected chi connectivity index (χ4v) is 3.19. The van der Waals surface area contributed by atoms with Crippen molar-refractivity contribution in [3.8, 4) is 5.75 Å². The van der Waals surface area contributed by atoms with Gasteiger partial charge in [0.1, 0.15) is 5.75 Å². The van der Waals surface area contributed by atoms with Crippen LogP contribution in [0, 0.1) is 5.92 Å². The number of hydrogen-bond acceptors (Lipinski definition) is 2. The van der Waals surface area contributed by atoms with Gasteiger partial charge in [0, 0.05) is 0 Å². The van der Waals surface area contributed by atoms with Crippen LogP contribution in [-0.4, -0.2) is 12.6 Å². The van der Waals surface area contributed by atoms with Crippen LogP contribution in [0.5, 0.6) is 5.75 Å². The summed E-state index contributed by atoms with van der Waals surface area (Å²) in [6.45, 7) is 2.98. The van der Waals surface area contributed by atoms with Crippen LogP contribution in [-0.2, 0) is 6.42 Å². The molecule has 2 nitrogen and oxygen atoms in total. The van der Waals surface area contributed by atoms with Crippen molar-refractivity contribution in [1.29, 1.82) is 0 Å². The summed E-state index contributed by atoms with van der Waals surface area (Å²) in [4.78, 5) is 0. The fourth-order valence-electron chi connectivity index (χ4n) is 2.69. The molecule has 1 saturated carbocycles. The van der Waals surface area contributed by atoms with E-state index in [2.05, 4.69) is 28.9 Å². The molecule has 1 aromatic rings. The summed E-state index contributed by atoms with van der Waals surface area (Å²) in [6, 6.07) is 6.20. The molecule has 100 valence electrons. The van der Waals surface area contributed by atoms with Gasteiger partial charge in [0.2, 0.25) is 0 Å². The second-order valence-corrected chi connectivity index (χ2v) is 6.13. The van der Waals surface area contributed by atoms with E-state index in [1.54, 1.807) is 0 Å². The molecular weight excluding hydrogens is 290 g/mol. The summed E-state index contributed by atoms with van der Waals surface area (Å²) in [7, 11) is 0. The molecule has 0 amide bonds. The number of hydrogen-bond donors (Lipinski definition) is 1. The van der Waals surface area contributed by atoms with Gasteiger partial charge in [-0.15, -0.1) is 0 Å². The van der Waals surface area contributed by atoms with Crippen molar-refractivity contribution in [1.82, 2.24) is 0 Å². The van der Waals surface area contributed by atoms with Gasteiger partial charge in [-0.3, -0.25) is 0 Å². The lowest BCUT2D eigenvalue weighted by Gasteiger charge is -2.28. The van der Waals surface area contributed by atoms with E-state index in [4.69, 9.17) is 10.5 Å². The number of nitrogens with two attached hydrogens (primary N) is 1. The number of ether oxygens (including phenoxy) is 1. The van der Waals surface area contributed by atoms with Crippen molar-refractivity contribution in [3.63, 3.8) is 0 Å². The molecule has 2 unspecified atom stereocenters. The van der Waals surface area contributed by atoms with Gasteiger partial charge >= 0.3 is 0 Å². The lowest BCUT2D eigenvalue weighted by atomic mass is 9.88. The Labute approximate surface area is 118 Å². The Bertz CT molecular complexity index is 394. The van der Waals surface area contributed by atoms with Crippen molar-refractivity contribution in [2.75, 3.05) is 6.54 Å². The number of benzene rings is 1. The first-order chi connectivity index (χ1) is 8.70. The van der Waals surface area contributed by atoms with Crippen molar-refractivity contribution in [2.24, 2.45) is 11.7 Å². The van der Waals surface area contributed by atoms with Crippen LogP contribution >= 0.6 is 15.9 Å². The maximum atomic E-state index is 6.24. The zero-order valence-electron chi connectivity index (χ0n) is 11.0. The highest BCUT2D eigenvalue weighted by molar-refractivity contribution is 9.10. The SMILES string of the molecule is CC1CCCC(Oc2c(Br)cccc2CCN)C1. The molecule has 1 aliphatic carbocycles. The van der Waals surface area contributed by atoms with Crippen LogP contribution < -0.4 is 10.5 Å². The quantitative estimate of drug-likeness (QED) is 0.915. The van der Waals surface area contributed by atoms with E-state index in [-0.39, 0.29) is 0 Å². The van der Waals surface area contributed by atoms with Gasteiger partial charge in [-0.25, -0.2) is 0 Å². The maximum Gasteiger partial charge on any atom is 0.137 e. The van der Waals surface area contributed by atoms with Crippen LogP contribution in [0.15, 0.2) is 22.7 Å². The number of rotatable bonds is 4. The average Bonchev–Trinajstić information content (AvgIpc) is 2.34. The second-order valence-electron chi connectivity index (χ2n) is 5.28. The van der Waals surface area contributed by atoms with Crippen molar-refractivity contribution in [2.45, 2.75) is 45.1 Å². The normalized spacial score (nSPS) is 23.9. The molecule has 18 heavy (non-hydrogen) atoms. The monoisotopic (exact) mass is 311 g/mol. The average molecular weight is 312 g/mol. The molecule has 2 atom stereocenters. The summed E-state index contributed by atoms with van der Waals surface area (Å²) in [5.74, 6) is 1.78. The summed E-state index contributed by atoms with van der Waals surface area (Å²) in [6.07, 6.45) is 6.20. The Hall–Kier alpha value is -0.540. The molecule has 0 aliphatic heterocycles. The van der Waals surface area contributed by atoms with E-state index in [1.807, 2.05) is 12.1 Å². The smallest absolute Gasteiger partial charge is 0.137 e. The summed E-state index contributed by atoms with van der Waals surface area (Å²) in [5, 5.41) is 0. The summed E-state index contributed by atoms with van der Waals surface area (Å²) < 4.78 is 7.29. The second kappa shape index (κ2) is 6.58. The van der Waals surface area contributed by atoms with Crippen LogP contribution in [0.1, 0.15) is 38.2 Å². The minimum atomic E-state index is 0.365. The Balaban J connectivity index is 2.11. The predicted molar refractivity (Wildman–Crippen MR) is 78.9 cm³/mol. The molecular formula is C15H22BrNO. The molecule has 0 aromatic heterocycles. The van der Waals surface area contributed by atoms with Crippen LogP contribution in [0.25, 0.3) is 0 Å². The maximum absolute atomic E-state index is 6.24. The van der Waals surface area contributed by atoms with E-state index >= 15 is 0 Å². The minimum Gasteiger partial charge on any atom is -0.489 e. The zero-order chi connectivity index (χ0) is 13.0. The first kappa shape index (κ1) is 13.9. The van der Waals surface area contributed by atoms with Crippen molar-refractivity contribution >= 4 is 15.9 Å². The van der Waals surface area contributed by atoms with E-state index < -0.39 is 0 Å². The minimum absolute atomic E-state index is 0.365. The topological polar surface area (TPSA) is 35.2 Å². The van der Waals surface area contributed by atoms with Crippen LogP contribution in [0.3, 0.4) is 0 Å². The third kappa shape index (κ3) is 3.48. The largest absolute Gasteiger partial charge is 0.489 e. The van der Waals surface area contributed by atoms with Gasteiger partial charge in [-0.05, 0) is 65.7 Å². The van der Waals surface area contributed by atoms with Crippen molar-refractivity contribution in [3.05, 3.63) is 28.2 Å². The molecule has 0 spiro atoms. The highest BCUT2D eigenvalue weighted by atomic mass is 79.9. The fraction of sp³-hybridized carbons (Fsp3) is 0.600. The van der Waals surface area contributed by atoms with E-state index in [0.717, 1.165) is 22.6 Å². The molecule has 2 N–H and O–H groups in total. The van der Waals surface area contributed by atoms with Gasteiger partial charge in [0.05, 0.1) is 10.6 Å². The molecule has 1 fully saturated rings. The first-order valence-electron chi connectivity index (χ1n) is 6.84. The number of halogens is 1. The number of para-hydroxylation sites is 1. The van der Waals surface area contributed by atoms with Gasteiger partial charge < -0.3 is 10.5 Å². The Morgan fingerprint density at radius 2 is 2.22 bits per heavy atom. The molecule has 1 aliphatic rings. The standard InChI is InChI=1S/C15H22BrNO/c1-11-4-2-6-13(10-11)18-15-12(8-9-17)5-3-7-14(15)16/h3,5,7,11,13H,2,4,6,8-10,17H2,1H3.